The van der Waals surface area contributed by atoms with Gasteiger partial charge in [0.25, 0.3) is 11.7 Å². The fourth-order valence-corrected chi connectivity index (χ4v) is 10.3. The van der Waals surface area contributed by atoms with Crippen LogP contribution in [0, 0.1) is 29.6 Å². The predicted molar refractivity (Wildman–Crippen MR) is 239 cm³/mol. The lowest BCUT2D eigenvalue weighted by molar-refractivity contribution is -0.265. The zero-order chi connectivity index (χ0) is 46.9. The first kappa shape index (κ1) is 51.6. The molecule has 4 aliphatic heterocycles. The van der Waals surface area contributed by atoms with E-state index in [1.165, 1.54) is 12.0 Å². The highest BCUT2D eigenvalue weighted by molar-refractivity contribution is 6.39. The summed E-state index contributed by atoms with van der Waals surface area (Å²) in [6.07, 6.45) is 11.9. The third kappa shape index (κ3) is 12.5. The number of amides is 1. The maximum absolute atomic E-state index is 14.4. The van der Waals surface area contributed by atoms with Crippen molar-refractivity contribution in [1.29, 1.82) is 0 Å². The van der Waals surface area contributed by atoms with Gasteiger partial charge in [0.05, 0.1) is 24.4 Å². The quantitative estimate of drug-likeness (QED) is 0.181. The zero-order valence-electron chi connectivity index (χ0n) is 39.6. The van der Waals surface area contributed by atoms with Gasteiger partial charge in [-0.1, -0.05) is 64.2 Å². The number of methoxy groups -OCH3 is 3. The van der Waals surface area contributed by atoms with Crippen molar-refractivity contribution in [2.75, 3.05) is 27.9 Å². The van der Waals surface area contributed by atoms with Crippen molar-refractivity contribution in [2.24, 2.45) is 29.6 Å². The Morgan fingerprint density at radius 2 is 1.62 bits per heavy atom. The van der Waals surface area contributed by atoms with Crippen LogP contribution in [0.5, 0.6) is 0 Å². The molecule has 0 aromatic heterocycles. The minimum atomic E-state index is -2.41. The molecule has 3 saturated heterocycles. The van der Waals surface area contributed by atoms with Gasteiger partial charge in [0, 0.05) is 52.6 Å². The van der Waals surface area contributed by atoms with Crippen LogP contribution in [0.2, 0.25) is 0 Å². The zero-order valence-corrected chi connectivity index (χ0v) is 39.6. The highest BCUT2D eigenvalue weighted by atomic mass is 16.6. The molecule has 1 amide bonds. The van der Waals surface area contributed by atoms with Crippen LogP contribution in [0.1, 0.15) is 119 Å². The van der Waals surface area contributed by atoms with E-state index < -0.39 is 84.1 Å². The molecule has 14 nitrogen and oxygen atoms in total. The van der Waals surface area contributed by atoms with E-state index in [0.717, 1.165) is 12.0 Å². The van der Waals surface area contributed by atoms with E-state index in [-0.39, 0.29) is 54.8 Å². The Morgan fingerprint density at radius 3 is 2.33 bits per heavy atom. The summed E-state index contributed by atoms with van der Waals surface area (Å²) < 4.78 is 35.9. The molecule has 4 heterocycles. The van der Waals surface area contributed by atoms with Crippen molar-refractivity contribution in [3.05, 3.63) is 47.6 Å². The molecule has 0 aromatic carbocycles. The molecular formula is C50H75NO13. The Bertz CT molecular complexity index is 1770. The summed E-state index contributed by atoms with van der Waals surface area (Å²) in [6, 6.07) is -1.12. The number of Topliss-reactive ketones (excluding diaryl/α,β-unsaturated/α-hetero) is 3. The highest BCUT2D eigenvalue weighted by Crippen LogP contribution is 2.38. The first-order valence-corrected chi connectivity index (χ1v) is 23.6. The lowest BCUT2D eigenvalue weighted by Crippen LogP contribution is -2.61. The number of allylic oxidation sites excluding steroid dienone is 6. The van der Waals surface area contributed by atoms with Gasteiger partial charge in [-0.3, -0.25) is 19.2 Å². The van der Waals surface area contributed by atoms with Crippen molar-refractivity contribution in [3.63, 3.8) is 0 Å². The summed E-state index contributed by atoms with van der Waals surface area (Å²) >= 11 is 0. The van der Waals surface area contributed by atoms with Gasteiger partial charge >= 0.3 is 5.97 Å². The van der Waals surface area contributed by atoms with Crippen LogP contribution in [-0.2, 0) is 52.4 Å². The van der Waals surface area contributed by atoms with Crippen LogP contribution in [-0.4, -0.2) is 133 Å². The molecule has 0 aromatic rings. The van der Waals surface area contributed by atoms with Gasteiger partial charge in [0.1, 0.15) is 36.2 Å². The Balaban J connectivity index is 1.47. The smallest absolute Gasteiger partial charge is 0.329 e. The van der Waals surface area contributed by atoms with Crippen LogP contribution in [0.4, 0.5) is 0 Å². The molecule has 15 atom stereocenters. The Kier molecular flexibility index (Phi) is 18.9. The summed E-state index contributed by atoms with van der Waals surface area (Å²) in [5.74, 6) is -7.13. The topological polar surface area (TPSA) is 184 Å². The van der Waals surface area contributed by atoms with Crippen molar-refractivity contribution in [1.82, 2.24) is 4.90 Å². The van der Waals surface area contributed by atoms with Gasteiger partial charge in [-0.05, 0) is 107 Å². The van der Waals surface area contributed by atoms with Crippen molar-refractivity contribution < 1.29 is 62.6 Å². The van der Waals surface area contributed by atoms with E-state index in [0.29, 0.717) is 63.4 Å². The molecule has 4 fully saturated rings. The van der Waals surface area contributed by atoms with Crippen molar-refractivity contribution in [3.8, 4) is 0 Å². The number of aliphatic hydroxyl groups is 2. The number of piperidine rings is 1. The molecule has 358 valence electrons. The van der Waals surface area contributed by atoms with Crippen molar-refractivity contribution in [2.45, 2.75) is 179 Å². The van der Waals surface area contributed by atoms with Gasteiger partial charge in [-0.15, -0.1) is 0 Å². The third-order valence-electron chi connectivity index (χ3n) is 14.5. The number of nitrogens with zero attached hydrogens (tertiary/aromatic N) is 1. The van der Waals surface area contributed by atoms with E-state index in [1.54, 1.807) is 34.1 Å². The molecule has 64 heavy (non-hydrogen) atoms. The van der Waals surface area contributed by atoms with Gasteiger partial charge < -0.3 is 43.5 Å². The summed E-state index contributed by atoms with van der Waals surface area (Å²) in [6.45, 7) is 11.2. The number of carbonyl (C=O) groups excluding carboxylic acids is 5. The second-order valence-corrected chi connectivity index (χ2v) is 19.3. The molecule has 14 heteroatoms. The molecule has 4 bridgehead atoms. The molecule has 5 aliphatic rings. The monoisotopic (exact) mass is 898 g/mol. The molecular weight excluding hydrogens is 823 g/mol. The standard InChI is InChI=1S/C50H75NO13/c1-29-15-11-10-12-16-30(2)40(59-7)27-36-20-18-34(6)50(58,64-36)47(55)48(56)51-22-14-13-17-37(51)49(57)63-41(32(4)25-35-19-21-38(52)42(26-35)60-8)28-39(53)31(3)24-33(5)45-46(61-9)44(54)43(23-29)62-45/h10-12,15-16,24,29,31-32,34-38,40-43,45-46,52,58H,13-14,17-23,25-28H2,1-9H3/b12-10+,15-11+,30-16+,33-24+/t29?,31?,32-,34-,35+,36+,37+,38-,40+,41+,42-,43?,45-,46?,50-/m1/s1. The number of ketones is 3. The average Bonchev–Trinajstić information content (AvgIpc) is 3.59. The number of rotatable bonds is 6. The lowest BCUT2D eigenvalue weighted by atomic mass is 9.78. The number of cyclic esters (lactones) is 1. The lowest BCUT2D eigenvalue weighted by Gasteiger charge is -2.42. The van der Waals surface area contributed by atoms with E-state index in [9.17, 15) is 34.2 Å². The molecule has 2 N–H and O–H groups in total. The maximum atomic E-state index is 14.4. The summed E-state index contributed by atoms with van der Waals surface area (Å²) in [7, 11) is 4.64. The fraction of sp³-hybridized carbons (Fsp3) is 0.740. The van der Waals surface area contributed by atoms with Gasteiger partial charge in [-0.25, -0.2) is 4.79 Å². The Morgan fingerprint density at radius 1 is 0.875 bits per heavy atom. The second-order valence-electron chi connectivity index (χ2n) is 19.3. The van der Waals surface area contributed by atoms with E-state index in [4.69, 9.17) is 28.4 Å². The normalized spacial score (nSPS) is 41.3. The SMILES string of the molecule is COC1C(=O)C2CC(C)/C=C/C=C/C=C(\C)[C@@H](OC)C[C@@H]3CC[C@@H](C)[C@@](O)(O3)C(=O)C(=O)N3CCCC[C@H]3C(=O)O[C@H]([C@H](C)C[C@@H]3CC[C@@H](O)[C@H](OC)C3)CC(=O)C(C)/C=C(\C)[C@H]1O2. The predicted octanol–water partition coefficient (Wildman–Crippen LogP) is 5.95. The maximum Gasteiger partial charge on any atom is 0.329 e. The molecule has 5 rings (SSSR count). The summed E-state index contributed by atoms with van der Waals surface area (Å²) in [5, 5.41) is 22.4. The van der Waals surface area contributed by atoms with E-state index >= 15 is 0 Å². The second kappa shape index (κ2) is 23.4. The Labute approximate surface area is 380 Å². The molecule has 0 spiro atoms. The largest absolute Gasteiger partial charge is 0.460 e. The van der Waals surface area contributed by atoms with Crippen LogP contribution in [0.15, 0.2) is 47.6 Å². The number of aliphatic hydroxyl groups excluding tert-OH is 1. The average molecular weight is 898 g/mol. The van der Waals surface area contributed by atoms with Crippen LogP contribution < -0.4 is 0 Å². The molecule has 1 saturated carbocycles. The summed E-state index contributed by atoms with van der Waals surface area (Å²) in [5.41, 5.74) is 1.57. The van der Waals surface area contributed by atoms with Crippen LogP contribution in [0.25, 0.3) is 0 Å². The van der Waals surface area contributed by atoms with Gasteiger partial charge in [0.15, 0.2) is 5.78 Å². The van der Waals surface area contributed by atoms with E-state index in [2.05, 4.69) is 0 Å². The van der Waals surface area contributed by atoms with Crippen molar-refractivity contribution >= 4 is 29.2 Å². The third-order valence-corrected chi connectivity index (χ3v) is 14.5. The van der Waals surface area contributed by atoms with E-state index in [1.807, 2.05) is 58.1 Å². The van der Waals surface area contributed by atoms with Crippen LogP contribution >= 0.6 is 0 Å². The minimum Gasteiger partial charge on any atom is -0.460 e. The molecule has 0 radical (unpaired) electrons. The van der Waals surface area contributed by atoms with Gasteiger partial charge in [-0.2, -0.15) is 0 Å². The fourth-order valence-electron chi connectivity index (χ4n) is 10.3. The number of fused-ring (bicyclic) bond motifs is 5. The molecule has 4 unspecified atom stereocenters. The number of carbonyl (C=O) groups is 5. The minimum absolute atomic E-state index is 0.0103. The number of ether oxygens (including phenoxy) is 6. The highest BCUT2D eigenvalue weighted by Gasteiger charge is 2.53. The number of hydrogen-bond donors (Lipinski definition) is 2. The summed E-state index contributed by atoms with van der Waals surface area (Å²) in [4.78, 5) is 71.7. The Hall–Kier alpha value is -3.37. The first-order valence-electron chi connectivity index (χ1n) is 23.6. The number of esters is 1. The first-order chi connectivity index (χ1) is 30.4. The van der Waals surface area contributed by atoms with Gasteiger partial charge in [0.2, 0.25) is 5.79 Å². The van der Waals surface area contributed by atoms with Crippen LogP contribution in [0.3, 0.4) is 0 Å². The molecule has 1 aliphatic carbocycles. The number of hydrogen-bond acceptors (Lipinski definition) is 13.